The topological polar surface area (TPSA) is 87.3 Å². The molecule has 2 heterocycles. The minimum Gasteiger partial charge on any atom is -0.481 e. The van der Waals surface area contributed by atoms with Crippen LogP contribution in [0.15, 0.2) is 33.3 Å². The summed E-state index contributed by atoms with van der Waals surface area (Å²) in [7, 11) is 0. The van der Waals surface area contributed by atoms with Crippen LogP contribution < -0.4 is 0 Å². The molecule has 0 bridgehead atoms. The summed E-state index contributed by atoms with van der Waals surface area (Å²) in [5.41, 5.74) is 5.06. The molecule has 0 spiro atoms. The van der Waals surface area contributed by atoms with Crippen LogP contribution in [-0.4, -0.2) is 40.2 Å². The van der Waals surface area contributed by atoms with Gasteiger partial charge >= 0.3 is 5.97 Å². The van der Waals surface area contributed by atoms with Gasteiger partial charge in [-0.05, 0) is 74.3 Å². The standard InChI is InChI=1S/C19H18Br2ClN2O.C3H4O3/c20-14-7-13-2-1-12-8-15(22)9-16(21)17(12)18(19(13)23-10-14)11-3-5-24(25)6-4-11;4-2-1-3(5)6/h7-11,18H,1-6H2;2H,1H2,(H,5,6)/q+1;/t18-;/m1./s1. The number of nitrogens with zero attached hydrogens (tertiary/aromatic N) is 2. The van der Waals surface area contributed by atoms with Crippen LogP contribution in [0.25, 0.3) is 0 Å². The molecule has 2 aromatic rings. The van der Waals surface area contributed by atoms with E-state index < -0.39 is 5.97 Å². The number of piperidine rings is 1. The maximum absolute atomic E-state index is 11.7. The highest BCUT2D eigenvalue weighted by Gasteiger charge is 2.37. The van der Waals surface area contributed by atoms with Crippen LogP contribution in [-0.2, 0) is 22.4 Å². The predicted molar refractivity (Wildman–Crippen MR) is 125 cm³/mol. The Labute approximate surface area is 202 Å². The molecular formula is C22H22Br2ClN2O4+. The fourth-order valence-electron chi connectivity index (χ4n) is 4.31. The van der Waals surface area contributed by atoms with Crippen LogP contribution in [0.5, 0.6) is 0 Å². The molecule has 1 N–H and O–H groups in total. The molecule has 6 nitrogen and oxygen atoms in total. The van der Waals surface area contributed by atoms with Crippen molar-refractivity contribution in [2.24, 2.45) is 5.92 Å². The molecule has 1 aromatic heterocycles. The normalized spacial score (nSPS) is 18.2. The molecule has 0 radical (unpaired) electrons. The first-order chi connectivity index (χ1) is 14.8. The third-order valence-electron chi connectivity index (χ3n) is 5.65. The van der Waals surface area contributed by atoms with E-state index in [0.29, 0.717) is 25.3 Å². The van der Waals surface area contributed by atoms with Crippen LogP contribution >= 0.6 is 43.5 Å². The van der Waals surface area contributed by atoms with Crippen LogP contribution in [0.1, 0.15) is 47.6 Å². The summed E-state index contributed by atoms with van der Waals surface area (Å²) in [4.78, 5) is 35.1. The Morgan fingerprint density at radius 3 is 2.48 bits per heavy atom. The number of aldehydes is 1. The molecule has 1 aliphatic heterocycles. The number of hydrogen-bond acceptors (Lipinski definition) is 4. The Morgan fingerprint density at radius 2 is 1.87 bits per heavy atom. The van der Waals surface area contributed by atoms with Crippen LogP contribution in [0.3, 0.4) is 0 Å². The van der Waals surface area contributed by atoms with E-state index in [1.54, 1.807) is 0 Å². The van der Waals surface area contributed by atoms with E-state index in [0.717, 1.165) is 45.3 Å². The van der Waals surface area contributed by atoms with Gasteiger partial charge in [-0.1, -0.05) is 27.5 Å². The summed E-state index contributed by atoms with van der Waals surface area (Å²) in [6.07, 6.45) is 5.57. The average Bonchev–Trinajstić information content (AvgIpc) is 2.86. The van der Waals surface area contributed by atoms with Gasteiger partial charge in [-0.15, -0.1) is 0 Å². The molecule has 1 atom stereocenters. The van der Waals surface area contributed by atoms with Gasteiger partial charge in [0.1, 0.15) is 12.7 Å². The highest BCUT2D eigenvalue weighted by molar-refractivity contribution is 9.10. The average molecular weight is 574 g/mol. The maximum atomic E-state index is 11.7. The Bertz CT molecular complexity index is 1010. The molecule has 164 valence electrons. The van der Waals surface area contributed by atoms with Crippen LogP contribution in [0.2, 0.25) is 5.02 Å². The van der Waals surface area contributed by atoms with Crippen molar-refractivity contribution in [2.75, 3.05) is 13.1 Å². The maximum Gasteiger partial charge on any atom is 0.310 e. The van der Waals surface area contributed by atoms with Crippen molar-refractivity contribution < 1.29 is 19.5 Å². The fraction of sp³-hybridized carbons (Fsp3) is 0.409. The third kappa shape index (κ3) is 5.99. The number of benzene rings is 1. The molecule has 4 rings (SSSR count). The summed E-state index contributed by atoms with van der Waals surface area (Å²) >= 11 is 13.6. The number of nitroso groups, excluding NO2 is 1. The van der Waals surface area contributed by atoms with Crippen molar-refractivity contribution >= 4 is 55.7 Å². The van der Waals surface area contributed by atoms with E-state index >= 15 is 0 Å². The number of aryl methyl sites for hydroxylation is 2. The second-order valence-corrected chi connectivity index (χ2v) is 9.87. The number of hydrogen-bond donors (Lipinski definition) is 1. The SMILES string of the molecule is O=CCC(=O)O.O=[N+]1CCC([C@H]2c3ncc(Br)cc3CCc3cc(Cl)cc(Br)c32)CC1. The number of carbonyl (C=O) groups excluding carboxylic acids is 1. The highest BCUT2D eigenvalue weighted by Crippen LogP contribution is 2.45. The van der Waals surface area contributed by atoms with Crippen LogP contribution in [0, 0.1) is 10.8 Å². The van der Waals surface area contributed by atoms with Crippen molar-refractivity contribution in [1.29, 1.82) is 0 Å². The Hall–Kier alpha value is -1.64. The van der Waals surface area contributed by atoms with Gasteiger partial charge in [0.05, 0.1) is 5.69 Å². The zero-order chi connectivity index (χ0) is 22.5. The quantitative estimate of drug-likeness (QED) is 0.304. The lowest BCUT2D eigenvalue weighted by Gasteiger charge is -2.29. The molecule has 1 aliphatic carbocycles. The number of fused-ring (bicyclic) bond motifs is 2. The molecule has 2 aliphatic rings. The zero-order valence-electron chi connectivity index (χ0n) is 16.7. The molecule has 31 heavy (non-hydrogen) atoms. The summed E-state index contributed by atoms with van der Waals surface area (Å²) < 4.78 is 3.26. The number of carboxylic acids is 1. The Balaban J connectivity index is 0.000000401. The molecule has 0 amide bonds. The first-order valence-electron chi connectivity index (χ1n) is 9.99. The minimum atomic E-state index is -1.08. The lowest BCUT2D eigenvalue weighted by Crippen LogP contribution is -2.29. The van der Waals surface area contributed by atoms with Crippen molar-refractivity contribution in [1.82, 2.24) is 4.98 Å². The van der Waals surface area contributed by atoms with Crippen LogP contribution in [0.4, 0.5) is 0 Å². The van der Waals surface area contributed by atoms with E-state index in [2.05, 4.69) is 44.0 Å². The summed E-state index contributed by atoms with van der Waals surface area (Å²) in [5.74, 6) is -0.446. The smallest absolute Gasteiger partial charge is 0.310 e. The first-order valence-corrected chi connectivity index (χ1v) is 12.0. The number of halogens is 3. The monoisotopic (exact) mass is 571 g/mol. The van der Waals surface area contributed by atoms with Gasteiger partial charge < -0.3 is 9.90 Å². The van der Waals surface area contributed by atoms with E-state index in [1.807, 2.05) is 12.3 Å². The van der Waals surface area contributed by atoms with Gasteiger partial charge in [0.25, 0.3) is 0 Å². The van der Waals surface area contributed by atoms with E-state index in [4.69, 9.17) is 21.7 Å². The number of aliphatic carboxylic acids is 1. The van der Waals surface area contributed by atoms with E-state index in [1.165, 1.54) is 21.5 Å². The molecular weight excluding hydrogens is 552 g/mol. The molecule has 9 heteroatoms. The zero-order valence-corrected chi connectivity index (χ0v) is 20.6. The third-order valence-corrected chi connectivity index (χ3v) is 6.95. The number of rotatable bonds is 3. The number of aromatic nitrogens is 1. The largest absolute Gasteiger partial charge is 0.481 e. The van der Waals surface area contributed by atoms with Crippen molar-refractivity contribution in [3.05, 3.63) is 65.7 Å². The highest BCUT2D eigenvalue weighted by atomic mass is 79.9. The Kier molecular flexibility index (Phi) is 8.36. The van der Waals surface area contributed by atoms with Crippen molar-refractivity contribution in [3.63, 3.8) is 0 Å². The first kappa shape index (κ1) is 24.0. The van der Waals surface area contributed by atoms with Gasteiger partial charge in [0, 0.05) is 43.8 Å². The Morgan fingerprint density at radius 1 is 1.19 bits per heavy atom. The minimum absolute atomic E-state index is 0.209. The molecule has 1 saturated heterocycles. The van der Waals surface area contributed by atoms with Gasteiger partial charge in [-0.3, -0.25) is 9.78 Å². The molecule has 1 fully saturated rings. The lowest BCUT2D eigenvalue weighted by molar-refractivity contribution is -0.561. The number of pyridine rings is 1. The summed E-state index contributed by atoms with van der Waals surface area (Å²) in [6, 6.07) is 6.28. The van der Waals surface area contributed by atoms with E-state index in [9.17, 15) is 14.5 Å². The second kappa shape index (κ2) is 10.8. The number of carbonyl (C=O) groups is 2. The predicted octanol–water partition coefficient (Wildman–Crippen LogP) is 5.34. The van der Waals surface area contributed by atoms with Crippen molar-refractivity contribution in [3.8, 4) is 0 Å². The van der Waals surface area contributed by atoms with Gasteiger partial charge in [-0.2, -0.15) is 0 Å². The van der Waals surface area contributed by atoms with Gasteiger partial charge in [0.2, 0.25) is 0 Å². The van der Waals surface area contributed by atoms with Gasteiger partial charge in [-0.25, -0.2) is 0 Å². The van der Waals surface area contributed by atoms with Crippen molar-refractivity contribution in [2.45, 2.75) is 38.0 Å². The fourth-order valence-corrected chi connectivity index (χ4v) is 5.81. The molecule has 0 saturated carbocycles. The van der Waals surface area contributed by atoms with Gasteiger partial charge in [0.15, 0.2) is 13.1 Å². The lowest BCUT2D eigenvalue weighted by atomic mass is 9.77. The molecule has 1 aromatic carbocycles. The summed E-state index contributed by atoms with van der Waals surface area (Å²) in [5, 5.41) is 8.45. The second-order valence-electron chi connectivity index (χ2n) is 7.67. The molecule has 0 unspecified atom stereocenters. The van der Waals surface area contributed by atoms with E-state index in [-0.39, 0.29) is 12.3 Å². The number of carboxylic acid groups (broad SMARTS) is 1. The summed E-state index contributed by atoms with van der Waals surface area (Å²) in [6.45, 7) is 1.21.